The summed E-state index contributed by atoms with van der Waals surface area (Å²) in [5.74, 6) is 1.77. The van der Waals surface area contributed by atoms with E-state index in [0.29, 0.717) is 0 Å². The molecule has 1 aliphatic heterocycles. The van der Waals surface area contributed by atoms with E-state index >= 15 is 0 Å². The minimum atomic E-state index is 0.874. The van der Waals surface area contributed by atoms with Crippen LogP contribution in [0, 0.1) is 0 Å². The van der Waals surface area contributed by atoms with Gasteiger partial charge in [-0.1, -0.05) is 84.9 Å². The highest BCUT2D eigenvalue weighted by molar-refractivity contribution is 6.12. The third-order valence-electron chi connectivity index (χ3n) is 8.10. The summed E-state index contributed by atoms with van der Waals surface area (Å²) in [6, 6.07) is 47.6. The predicted molar refractivity (Wildman–Crippen MR) is 161 cm³/mol. The summed E-state index contributed by atoms with van der Waals surface area (Å²) in [5.41, 5.74) is 9.30. The summed E-state index contributed by atoms with van der Waals surface area (Å²) in [7, 11) is 0. The van der Waals surface area contributed by atoms with Gasteiger partial charge in [-0.3, -0.25) is 0 Å². The third kappa shape index (κ3) is 2.82. The molecule has 0 radical (unpaired) electrons. The maximum atomic E-state index is 6.42. The number of hydrogen-bond acceptors (Lipinski definition) is 1. The first-order valence-electron chi connectivity index (χ1n) is 13.3. The van der Waals surface area contributed by atoms with Crippen LogP contribution >= 0.6 is 0 Å². The van der Waals surface area contributed by atoms with Crippen LogP contribution in [-0.2, 0) is 0 Å². The van der Waals surface area contributed by atoms with Gasteiger partial charge in [-0.05, 0) is 59.7 Å². The molecule has 3 heteroatoms. The van der Waals surface area contributed by atoms with Crippen LogP contribution in [0.4, 0.5) is 0 Å². The number of ether oxygens (including phenoxy) is 1. The monoisotopic (exact) mass is 498 g/mol. The molecule has 2 aromatic heterocycles. The van der Waals surface area contributed by atoms with Crippen molar-refractivity contribution in [2.75, 3.05) is 0 Å². The molecule has 0 saturated carbocycles. The average molecular weight is 499 g/mol. The lowest BCUT2D eigenvalue weighted by Gasteiger charge is -2.22. The van der Waals surface area contributed by atoms with Crippen molar-refractivity contribution in [2.45, 2.75) is 0 Å². The quantitative estimate of drug-likeness (QED) is 0.232. The van der Waals surface area contributed by atoms with Crippen molar-refractivity contribution >= 4 is 43.6 Å². The van der Waals surface area contributed by atoms with Crippen molar-refractivity contribution in [3.8, 4) is 34.0 Å². The second-order valence-corrected chi connectivity index (χ2v) is 10.2. The predicted octanol–water partition coefficient (Wildman–Crippen LogP) is 9.65. The van der Waals surface area contributed by atoms with E-state index in [-0.39, 0.29) is 0 Å². The van der Waals surface area contributed by atoms with E-state index < -0.39 is 0 Å². The fourth-order valence-electron chi connectivity index (χ4n) is 6.42. The molecule has 3 heterocycles. The molecule has 0 spiro atoms. The minimum Gasteiger partial charge on any atom is -0.453 e. The Balaban J connectivity index is 1.26. The van der Waals surface area contributed by atoms with Crippen molar-refractivity contribution in [2.24, 2.45) is 0 Å². The number of fused-ring (bicyclic) bond motifs is 8. The number of hydrogen-bond donors (Lipinski definition) is 0. The number of aromatic nitrogens is 2. The summed E-state index contributed by atoms with van der Waals surface area (Å²) in [6.45, 7) is 0. The second kappa shape index (κ2) is 7.62. The molecule has 1 aliphatic rings. The minimum absolute atomic E-state index is 0.874. The summed E-state index contributed by atoms with van der Waals surface area (Å²) in [6.07, 6.45) is 0. The fourth-order valence-corrected chi connectivity index (χ4v) is 6.42. The van der Waals surface area contributed by atoms with E-state index in [1.165, 1.54) is 43.7 Å². The standard InChI is InChI=1S/C36H22N2O/c1-4-15-30-26(11-1)27-12-2-5-16-31(27)37(30)25-10-7-9-23(21-25)24-19-20-34-33(22-24)38-32-17-6-3-13-28(32)29-14-8-18-35(39-34)36(29)38/h1-22H. The lowest BCUT2D eigenvalue weighted by atomic mass is 10.0. The third-order valence-corrected chi connectivity index (χ3v) is 8.10. The maximum absolute atomic E-state index is 6.42. The molecule has 39 heavy (non-hydrogen) atoms. The molecule has 182 valence electrons. The first kappa shape index (κ1) is 20.7. The van der Waals surface area contributed by atoms with E-state index in [4.69, 9.17) is 4.74 Å². The first-order valence-corrected chi connectivity index (χ1v) is 13.3. The van der Waals surface area contributed by atoms with Crippen molar-refractivity contribution in [1.29, 1.82) is 0 Å². The molecule has 0 amide bonds. The van der Waals surface area contributed by atoms with Gasteiger partial charge in [0.25, 0.3) is 0 Å². The van der Waals surface area contributed by atoms with Gasteiger partial charge in [-0.2, -0.15) is 0 Å². The molecule has 3 nitrogen and oxygen atoms in total. The molecular formula is C36H22N2O. The van der Waals surface area contributed by atoms with Crippen molar-refractivity contribution in [3.05, 3.63) is 133 Å². The smallest absolute Gasteiger partial charge is 0.152 e. The van der Waals surface area contributed by atoms with Gasteiger partial charge in [0.05, 0.1) is 27.8 Å². The Kier molecular flexibility index (Phi) is 4.05. The lowest BCUT2D eigenvalue weighted by Crippen LogP contribution is -2.04. The molecule has 0 bridgehead atoms. The molecule has 0 aliphatic carbocycles. The SMILES string of the molecule is c1cc(-c2ccc3c(c2)-n2c4ccccc4c4cccc(c42)O3)cc(-n2c3ccccc3c3ccccc32)c1. The van der Waals surface area contributed by atoms with Crippen LogP contribution in [0.3, 0.4) is 0 Å². The lowest BCUT2D eigenvalue weighted by molar-refractivity contribution is 0.476. The van der Waals surface area contributed by atoms with Crippen molar-refractivity contribution in [1.82, 2.24) is 9.13 Å². The molecule has 6 aromatic carbocycles. The average Bonchev–Trinajstić information content (AvgIpc) is 3.52. The molecule has 0 unspecified atom stereocenters. The Morgan fingerprint density at radius 1 is 0.410 bits per heavy atom. The molecule has 9 rings (SSSR count). The molecular weight excluding hydrogens is 476 g/mol. The highest BCUT2D eigenvalue weighted by atomic mass is 16.5. The van der Waals surface area contributed by atoms with E-state index in [2.05, 4.69) is 143 Å². The highest BCUT2D eigenvalue weighted by Gasteiger charge is 2.24. The Bertz CT molecular complexity index is 2210. The van der Waals surface area contributed by atoms with Crippen LogP contribution in [0.15, 0.2) is 133 Å². The zero-order chi connectivity index (χ0) is 25.5. The summed E-state index contributed by atoms with van der Waals surface area (Å²) in [5, 5.41) is 5.00. The van der Waals surface area contributed by atoms with Crippen LogP contribution in [-0.4, -0.2) is 9.13 Å². The topological polar surface area (TPSA) is 19.1 Å². The Morgan fingerprint density at radius 3 is 1.74 bits per heavy atom. The van der Waals surface area contributed by atoms with Gasteiger partial charge in [-0.25, -0.2) is 0 Å². The van der Waals surface area contributed by atoms with Gasteiger partial charge in [0.1, 0.15) is 0 Å². The van der Waals surface area contributed by atoms with Gasteiger partial charge >= 0.3 is 0 Å². The molecule has 0 N–H and O–H groups in total. The summed E-state index contributed by atoms with van der Waals surface area (Å²) >= 11 is 0. The molecule has 8 aromatic rings. The normalized spacial score (nSPS) is 12.3. The summed E-state index contributed by atoms with van der Waals surface area (Å²) < 4.78 is 11.2. The van der Waals surface area contributed by atoms with Crippen LogP contribution < -0.4 is 4.74 Å². The molecule has 0 saturated heterocycles. The summed E-state index contributed by atoms with van der Waals surface area (Å²) in [4.78, 5) is 0. The second-order valence-electron chi connectivity index (χ2n) is 10.2. The highest BCUT2D eigenvalue weighted by Crippen LogP contribution is 2.46. The number of benzene rings is 6. The van der Waals surface area contributed by atoms with Gasteiger partial charge in [0.2, 0.25) is 0 Å². The van der Waals surface area contributed by atoms with Gasteiger partial charge < -0.3 is 13.9 Å². The molecule has 0 atom stereocenters. The van der Waals surface area contributed by atoms with Crippen molar-refractivity contribution < 1.29 is 4.74 Å². The van der Waals surface area contributed by atoms with Crippen LogP contribution in [0.25, 0.3) is 66.1 Å². The van der Waals surface area contributed by atoms with Crippen molar-refractivity contribution in [3.63, 3.8) is 0 Å². The van der Waals surface area contributed by atoms with Crippen LogP contribution in [0.1, 0.15) is 0 Å². The zero-order valence-electron chi connectivity index (χ0n) is 21.0. The van der Waals surface area contributed by atoms with Crippen LogP contribution in [0.2, 0.25) is 0 Å². The Morgan fingerprint density at radius 2 is 1.00 bits per heavy atom. The number of rotatable bonds is 2. The number of nitrogens with zero attached hydrogens (tertiary/aromatic N) is 2. The van der Waals surface area contributed by atoms with Gasteiger partial charge in [-0.15, -0.1) is 0 Å². The van der Waals surface area contributed by atoms with E-state index in [1.54, 1.807) is 0 Å². The van der Waals surface area contributed by atoms with Crippen LogP contribution in [0.5, 0.6) is 11.5 Å². The maximum Gasteiger partial charge on any atom is 0.152 e. The van der Waals surface area contributed by atoms with Gasteiger partial charge in [0.15, 0.2) is 11.5 Å². The number of para-hydroxylation sites is 4. The van der Waals surface area contributed by atoms with E-state index in [0.717, 1.165) is 34.0 Å². The largest absolute Gasteiger partial charge is 0.453 e. The Labute approximate surface area is 224 Å². The first-order chi connectivity index (χ1) is 19.3. The Hall–Kier alpha value is -5.28. The van der Waals surface area contributed by atoms with E-state index in [1.807, 2.05) is 0 Å². The fraction of sp³-hybridized carbons (Fsp3) is 0. The van der Waals surface area contributed by atoms with Gasteiger partial charge in [0, 0.05) is 27.2 Å². The molecule has 0 fully saturated rings. The van der Waals surface area contributed by atoms with E-state index in [9.17, 15) is 0 Å². The zero-order valence-corrected chi connectivity index (χ0v) is 21.0.